The highest BCUT2D eigenvalue weighted by Gasteiger charge is 2.24. The average molecular weight is 352 g/mol. The van der Waals surface area contributed by atoms with Crippen LogP contribution >= 0.6 is 23.2 Å². The molecule has 1 aliphatic rings. The Bertz CT molecular complexity index is 602. The van der Waals surface area contributed by atoms with Gasteiger partial charge in [0, 0.05) is 24.7 Å². The van der Waals surface area contributed by atoms with Crippen LogP contribution in [0.3, 0.4) is 0 Å². The van der Waals surface area contributed by atoms with E-state index in [1.165, 1.54) is 6.07 Å². The number of piperidine rings is 1. The van der Waals surface area contributed by atoms with E-state index in [2.05, 4.69) is 10.1 Å². The molecule has 0 atom stereocenters. The molecule has 0 aliphatic carbocycles. The van der Waals surface area contributed by atoms with E-state index < -0.39 is 10.0 Å². The molecule has 118 valence electrons. The Balaban J connectivity index is 2.30. The van der Waals surface area contributed by atoms with Gasteiger partial charge in [-0.1, -0.05) is 29.6 Å². The van der Waals surface area contributed by atoms with Crippen LogP contribution in [0.15, 0.2) is 17.0 Å². The molecule has 0 radical (unpaired) electrons. The molecule has 0 aromatic heterocycles. The van der Waals surface area contributed by atoms with Gasteiger partial charge >= 0.3 is 0 Å². The number of nitrogens with one attached hydrogen (secondary N) is 2. The molecule has 1 aliphatic heterocycles. The fourth-order valence-corrected chi connectivity index (χ4v) is 4.39. The first-order valence-corrected chi connectivity index (χ1v) is 9.08. The summed E-state index contributed by atoms with van der Waals surface area (Å²) in [6.07, 6.45) is 3.09. The number of halogens is 2. The first-order chi connectivity index (χ1) is 9.94. The Kier molecular flexibility index (Phi) is 5.88. The minimum Gasteiger partial charge on any atom is -0.316 e. The van der Waals surface area contributed by atoms with Gasteiger partial charge in [0.2, 0.25) is 0 Å². The van der Waals surface area contributed by atoms with Crippen molar-refractivity contribution in [1.82, 2.24) is 15.2 Å². The van der Waals surface area contributed by atoms with Gasteiger partial charge in [0.05, 0.1) is 5.02 Å². The van der Waals surface area contributed by atoms with Crippen LogP contribution in [0.1, 0.15) is 24.8 Å². The number of hydrogen-bond acceptors (Lipinski definition) is 4. The second-order valence-corrected chi connectivity index (χ2v) is 7.49. The van der Waals surface area contributed by atoms with Crippen molar-refractivity contribution in [3.63, 3.8) is 0 Å². The monoisotopic (exact) mass is 351 g/mol. The van der Waals surface area contributed by atoms with Crippen LogP contribution in [0.2, 0.25) is 10.0 Å². The van der Waals surface area contributed by atoms with E-state index >= 15 is 0 Å². The molecular formula is C13H19Cl2N3O2S. The van der Waals surface area contributed by atoms with Crippen molar-refractivity contribution in [2.45, 2.75) is 30.7 Å². The van der Waals surface area contributed by atoms with Crippen molar-refractivity contribution in [3.8, 4) is 0 Å². The molecule has 0 spiro atoms. The predicted molar refractivity (Wildman–Crippen MR) is 85.0 cm³/mol. The molecule has 0 bridgehead atoms. The van der Waals surface area contributed by atoms with E-state index in [9.17, 15) is 8.42 Å². The molecule has 8 heteroatoms. The molecule has 2 N–H and O–H groups in total. The number of rotatable bonds is 5. The van der Waals surface area contributed by atoms with Crippen LogP contribution in [-0.4, -0.2) is 33.6 Å². The third-order valence-electron chi connectivity index (χ3n) is 3.34. The van der Waals surface area contributed by atoms with E-state index in [4.69, 9.17) is 23.2 Å². The van der Waals surface area contributed by atoms with Gasteiger partial charge in [-0.3, -0.25) is 0 Å². The molecule has 1 aromatic carbocycles. The smallest absolute Gasteiger partial charge is 0.255 e. The van der Waals surface area contributed by atoms with E-state index in [-0.39, 0.29) is 9.92 Å². The highest BCUT2D eigenvalue weighted by atomic mass is 35.5. The third kappa shape index (κ3) is 4.31. The molecule has 1 heterocycles. The van der Waals surface area contributed by atoms with Crippen LogP contribution in [0.5, 0.6) is 0 Å². The lowest BCUT2D eigenvalue weighted by atomic mass is 10.2. The maximum atomic E-state index is 12.5. The second kappa shape index (κ2) is 7.26. The van der Waals surface area contributed by atoms with Gasteiger partial charge in [-0.05, 0) is 37.6 Å². The topological polar surface area (TPSA) is 61.4 Å². The van der Waals surface area contributed by atoms with Crippen molar-refractivity contribution in [1.29, 1.82) is 0 Å². The minimum atomic E-state index is -3.72. The predicted octanol–water partition coefficient (Wildman–Crippen LogP) is 2.39. The summed E-state index contributed by atoms with van der Waals surface area (Å²) < 4.78 is 25.0. The molecular weight excluding hydrogens is 333 g/mol. The average Bonchev–Trinajstić information content (AvgIpc) is 2.43. The van der Waals surface area contributed by atoms with Gasteiger partial charge in [-0.25, -0.2) is 13.4 Å². The van der Waals surface area contributed by atoms with Gasteiger partial charge in [0.1, 0.15) is 4.90 Å². The minimum absolute atomic E-state index is 0.0208. The quantitative estimate of drug-likeness (QED) is 0.854. The van der Waals surface area contributed by atoms with E-state index in [1.807, 2.05) is 0 Å². The van der Waals surface area contributed by atoms with E-state index in [1.54, 1.807) is 18.1 Å². The normalized spacial score (nSPS) is 17.1. The van der Waals surface area contributed by atoms with Gasteiger partial charge in [0.15, 0.2) is 0 Å². The van der Waals surface area contributed by atoms with Crippen LogP contribution in [-0.2, 0) is 16.6 Å². The van der Waals surface area contributed by atoms with Crippen LogP contribution < -0.4 is 10.1 Å². The number of sulfonamides is 1. The lowest BCUT2D eigenvalue weighted by Gasteiger charge is -2.27. The summed E-state index contributed by atoms with van der Waals surface area (Å²) >= 11 is 12.2. The second-order valence-electron chi connectivity index (χ2n) is 5.05. The molecule has 0 amide bonds. The Hall–Kier alpha value is -0.370. The maximum Gasteiger partial charge on any atom is 0.255 e. The molecule has 0 saturated carbocycles. The summed E-state index contributed by atoms with van der Waals surface area (Å²) in [6.45, 7) is 1.87. The number of benzene rings is 1. The van der Waals surface area contributed by atoms with Crippen LogP contribution in [0.25, 0.3) is 0 Å². The summed E-state index contributed by atoms with van der Waals surface area (Å²) in [5.41, 5.74) is 0.658. The number of hydrazine groups is 1. The molecule has 1 aromatic rings. The Morgan fingerprint density at radius 2 is 1.86 bits per heavy atom. The summed E-state index contributed by atoms with van der Waals surface area (Å²) in [7, 11) is -1.96. The van der Waals surface area contributed by atoms with Gasteiger partial charge in [-0.2, -0.15) is 0 Å². The van der Waals surface area contributed by atoms with Crippen molar-refractivity contribution < 1.29 is 8.42 Å². The van der Waals surface area contributed by atoms with Crippen molar-refractivity contribution >= 4 is 33.2 Å². The Morgan fingerprint density at radius 1 is 1.19 bits per heavy atom. The lowest BCUT2D eigenvalue weighted by molar-refractivity contribution is 0.200. The summed E-state index contributed by atoms with van der Waals surface area (Å²) in [5.74, 6) is 0. The van der Waals surface area contributed by atoms with E-state index in [0.29, 0.717) is 30.2 Å². The fraction of sp³-hybridized carbons (Fsp3) is 0.538. The largest absolute Gasteiger partial charge is 0.316 e. The number of nitrogens with zero attached hydrogens (tertiary/aromatic N) is 1. The first-order valence-electron chi connectivity index (χ1n) is 6.84. The van der Waals surface area contributed by atoms with Gasteiger partial charge in [0.25, 0.3) is 10.0 Å². The molecule has 1 fully saturated rings. The number of hydrogen-bond donors (Lipinski definition) is 2. The Labute approximate surface area is 135 Å². The van der Waals surface area contributed by atoms with Gasteiger partial charge < -0.3 is 5.32 Å². The SMILES string of the molecule is CNCc1cc(Cl)cc(S(=O)(=O)NN2CCCCC2)c1Cl. The third-order valence-corrected chi connectivity index (χ3v) is 5.52. The van der Waals surface area contributed by atoms with Crippen molar-refractivity contribution in [3.05, 3.63) is 27.7 Å². The zero-order valence-corrected chi connectivity index (χ0v) is 14.2. The highest BCUT2D eigenvalue weighted by molar-refractivity contribution is 7.89. The van der Waals surface area contributed by atoms with Crippen LogP contribution in [0, 0.1) is 0 Å². The summed E-state index contributed by atoms with van der Waals surface area (Å²) in [6, 6.07) is 3.05. The zero-order valence-electron chi connectivity index (χ0n) is 11.8. The summed E-state index contributed by atoms with van der Waals surface area (Å²) in [5, 5.41) is 5.22. The lowest BCUT2D eigenvalue weighted by Crippen LogP contribution is -2.45. The molecule has 0 unspecified atom stereocenters. The van der Waals surface area contributed by atoms with Crippen LogP contribution in [0.4, 0.5) is 0 Å². The standard InChI is InChI=1S/C13H19Cl2N3O2S/c1-16-9-10-7-11(14)8-12(13(10)15)21(19,20)17-18-5-3-2-4-6-18/h7-8,16-17H,2-6,9H2,1H3. The molecule has 5 nitrogen and oxygen atoms in total. The van der Waals surface area contributed by atoms with E-state index in [0.717, 1.165) is 19.3 Å². The molecule has 2 rings (SSSR count). The molecule has 1 saturated heterocycles. The maximum absolute atomic E-state index is 12.5. The summed E-state index contributed by atoms with van der Waals surface area (Å²) in [4.78, 5) is 2.61. The fourth-order valence-electron chi connectivity index (χ4n) is 2.34. The molecule has 21 heavy (non-hydrogen) atoms. The van der Waals surface area contributed by atoms with Crippen molar-refractivity contribution in [2.24, 2.45) is 0 Å². The Morgan fingerprint density at radius 3 is 2.48 bits per heavy atom. The first kappa shape index (κ1) is 17.0. The van der Waals surface area contributed by atoms with Crippen molar-refractivity contribution in [2.75, 3.05) is 20.1 Å². The zero-order chi connectivity index (χ0) is 15.5. The van der Waals surface area contributed by atoms with Gasteiger partial charge in [-0.15, -0.1) is 4.83 Å². The highest BCUT2D eigenvalue weighted by Crippen LogP contribution is 2.29.